The molecular formula is C25H25ClF3N5O. The van der Waals surface area contributed by atoms with Gasteiger partial charge in [0.1, 0.15) is 10.8 Å². The molecule has 1 amide bonds. The van der Waals surface area contributed by atoms with Gasteiger partial charge in [-0.2, -0.15) is 18.3 Å². The fourth-order valence-electron chi connectivity index (χ4n) is 4.70. The minimum Gasteiger partial charge on any atom is -0.368 e. The number of aryl methyl sites for hydroxylation is 1. The number of rotatable bonds is 3. The lowest BCUT2D eigenvalue weighted by molar-refractivity contribution is -0.173. The lowest BCUT2D eigenvalue weighted by Gasteiger charge is -2.35. The van der Waals surface area contributed by atoms with E-state index >= 15 is 0 Å². The molecule has 1 saturated heterocycles. The number of anilines is 2. The highest BCUT2D eigenvalue weighted by Gasteiger charge is 2.48. The van der Waals surface area contributed by atoms with Crippen LogP contribution in [0.3, 0.4) is 0 Å². The molecule has 35 heavy (non-hydrogen) atoms. The Morgan fingerprint density at radius 3 is 2.31 bits per heavy atom. The predicted octanol–water partition coefficient (Wildman–Crippen LogP) is 5.47. The summed E-state index contributed by atoms with van der Waals surface area (Å²) in [7, 11) is 0. The number of carbonyl (C=O) groups is 1. The quantitative estimate of drug-likeness (QED) is 0.515. The third kappa shape index (κ3) is 4.57. The molecule has 0 unspecified atom stereocenters. The number of nitrogens with one attached hydrogen (secondary N) is 1. The van der Waals surface area contributed by atoms with Crippen LogP contribution in [0, 0.1) is 6.92 Å². The largest absolute Gasteiger partial charge is 0.410 e. The molecule has 1 aromatic heterocycles. The van der Waals surface area contributed by atoms with Crippen molar-refractivity contribution in [1.29, 1.82) is 0 Å². The van der Waals surface area contributed by atoms with Crippen LogP contribution in [0.2, 0.25) is 5.02 Å². The topological polar surface area (TPSA) is 53.4 Å². The Morgan fingerprint density at radius 2 is 1.69 bits per heavy atom. The molecule has 2 aliphatic heterocycles. The van der Waals surface area contributed by atoms with E-state index in [0.717, 1.165) is 21.5 Å². The van der Waals surface area contributed by atoms with Crippen molar-refractivity contribution in [3.05, 3.63) is 76.4 Å². The Kier molecular flexibility index (Phi) is 6.13. The molecule has 3 aromatic rings. The van der Waals surface area contributed by atoms with E-state index in [0.29, 0.717) is 26.2 Å². The van der Waals surface area contributed by atoms with Crippen molar-refractivity contribution in [2.45, 2.75) is 31.6 Å². The number of amides is 1. The Bertz CT molecular complexity index is 1200. The first-order chi connectivity index (χ1) is 16.7. The smallest absolute Gasteiger partial charge is 0.368 e. The number of fused-ring (bicyclic) bond motifs is 1. The number of carbonyl (C=O) groups excluding carboxylic acids is 1. The molecule has 1 N–H and O–H groups in total. The molecule has 10 heteroatoms. The van der Waals surface area contributed by atoms with Gasteiger partial charge in [-0.05, 0) is 24.6 Å². The number of alkyl halides is 3. The number of piperazine rings is 1. The molecule has 3 heterocycles. The number of aromatic nitrogens is 2. The lowest BCUT2D eigenvalue weighted by atomic mass is 9.96. The summed E-state index contributed by atoms with van der Waals surface area (Å²) in [5, 5.41) is 7.11. The maximum Gasteiger partial charge on any atom is 0.410 e. The predicted molar refractivity (Wildman–Crippen MR) is 129 cm³/mol. The molecule has 6 nitrogen and oxygen atoms in total. The van der Waals surface area contributed by atoms with Gasteiger partial charge in [0.05, 0.1) is 6.04 Å². The van der Waals surface area contributed by atoms with Gasteiger partial charge >= 0.3 is 6.18 Å². The molecule has 2 aliphatic rings. The van der Waals surface area contributed by atoms with Crippen LogP contribution in [0.25, 0.3) is 0 Å². The van der Waals surface area contributed by atoms with Gasteiger partial charge in [-0.1, -0.05) is 59.6 Å². The zero-order chi connectivity index (χ0) is 24.7. The van der Waals surface area contributed by atoms with E-state index in [9.17, 15) is 18.0 Å². The zero-order valence-electron chi connectivity index (χ0n) is 19.1. The molecule has 0 saturated carbocycles. The number of hydrogen-bond donors (Lipinski definition) is 1. The Labute approximate surface area is 206 Å². The molecule has 0 radical (unpaired) electrons. The van der Waals surface area contributed by atoms with E-state index in [2.05, 4.69) is 15.3 Å². The Hall–Kier alpha value is -3.20. The van der Waals surface area contributed by atoms with Crippen LogP contribution in [0.1, 0.15) is 40.1 Å². The van der Waals surface area contributed by atoms with Gasteiger partial charge in [0, 0.05) is 38.3 Å². The molecule has 1 fully saturated rings. The first kappa shape index (κ1) is 23.5. The summed E-state index contributed by atoms with van der Waals surface area (Å²) in [5.41, 5.74) is 2.65. The number of benzene rings is 2. The molecular weight excluding hydrogens is 479 g/mol. The van der Waals surface area contributed by atoms with E-state index in [1.165, 1.54) is 0 Å². The molecule has 5 rings (SSSR count). The van der Waals surface area contributed by atoms with Gasteiger partial charge < -0.3 is 15.1 Å². The van der Waals surface area contributed by atoms with Gasteiger partial charge in [-0.25, -0.2) is 4.68 Å². The average Bonchev–Trinajstić information content (AvgIpc) is 3.19. The normalized spacial score (nSPS) is 20.4. The third-order valence-electron chi connectivity index (χ3n) is 6.67. The third-order valence-corrected chi connectivity index (χ3v) is 7.02. The molecule has 2 atom stereocenters. The maximum atomic E-state index is 14.0. The van der Waals surface area contributed by atoms with Gasteiger partial charge in [0.25, 0.3) is 5.91 Å². The number of nitrogens with zero attached hydrogens (tertiary/aromatic N) is 4. The summed E-state index contributed by atoms with van der Waals surface area (Å²) >= 11 is 6.50. The van der Waals surface area contributed by atoms with Gasteiger partial charge in [0.15, 0.2) is 11.7 Å². The fraction of sp³-hybridized carbons (Fsp3) is 0.360. The number of para-hydroxylation sites is 1. The first-order valence-corrected chi connectivity index (χ1v) is 11.9. The van der Waals surface area contributed by atoms with Crippen molar-refractivity contribution in [2.24, 2.45) is 0 Å². The van der Waals surface area contributed by atoms with Crippen LogP contribution >= 0.6 is 11.6 Å². The van der Waals surface area contributed by atoms with Crippen LogP contribution in [-0.4, -0.2) is 52.9 Å². The van der Waals surface area contributed by atoms with Crippen molar-refractivity contribution in [2.75, 3.05) is 36.4 Å². The van der Waals surface area contributed by atoms with Crippen molar-refractivity contribution in [1.82, 2.24) is 14.7 Å². The highest BCUT2D eigenvalue weighted by atomic mass is 35.5. The summed E-state index contributed by atoms with van der Waals surface area (Å²) in [4.78, 5) is 17.0. The maximum absolute atomic E-state index is 14.0. The highest BCUT2D eigenvalue weighted by molar-refractivity contribution is 6.36. The second-order valence-electron chi connectivity index (χ2n) is 8.97. The minimum absolute atomic E-state index is 0.0251. The van der Waals surface area contributed by atoms with E-state index < -0.39 is 24.2 Å². The number of halogens is 4. The zero-order valence-corrected chi connectivity index (χ0v) is 19.9. The van der Waals surface area contributed by atoms with E-state index in [1.54, 1.807) is 17.0 Å². The summed E-state index contributed by atoms with van der Waals surface area (Å²) in [6.45, 7) is 3.99. The Morgan fingerprint density at radius 1 is 1.03 bits per heavy atom. The van der Waals surface area contributed by atoms with E-state index in [1.807, 2.05) is 49.4 Å². The monoisotopic (exact) mass is 503 g/mol. The molecule has 0 spiro atoms. The second kappa shape index (κ2) is 9.11. The van der Waals surface area contributed by atoms with Crippen LogP contribution in [0.15, 0.2) is 54.6 Å². The summed E-state index contributed by atoms with van der Waals surface area (Å²) in [6.07, 6.45) is -4.79. The lowest BCUT2D eigenvalue weighted by Crippen LogP contribution is -2.49. The van der Waals surface area contributed by atoms with Crippen molar-refractivity contribution in [3.8, 4) is 0 Å². The molecule has 0 bridgehead atoms. The summed E-state index contributed by atoms with van der Waals surface area (Å²) < 4.78 is 43.0. The summed E-state index contributed by atoms with van der Waals surface area (Å²) in [5.74, 6) is -0.434. The molecule has 2 aromatic carbocycles. The summed E-state index contributed by atoms with van der Waals surface area (Å²) in [6, 6.07) is 14.7. The van der Waals surface area contributed by atoms with Crippen molar-refractivity contribution in [3.63, 3.8) is 0 Å². The molecule has 184 valence electrons. The SMILES string of the molecule is Cc1ccc([C@@H]2C[C@H](C(F)(F)F)n3nc(C(=O)N4CCN(c5ccccc5)CC4)c(Cl)c3N2)cc1. The van der Waals surface area contributed by atoms with Crippen molar-refractivity contribution >= 4 is 29.0 Å². The van der Waals surface area contributed by atoms with E-state index in [4.69, 9.17) is 11.6 Å². The highest BCUT2D eigenvalue weighted by Crippen LogP contribution is 2.46. The van der Waals surface area contributed by atoms with Crippen molar-refractivity contribution < 1.29 is 18.0 Å². The molecule has 0 aliphatic carbocycles. The van der Waals surface area contributed by atoms with Gasteiger partial charge in [-0.15, -0.1) is 0 Å². The second-order valence-corrected chi connectivity index (χ2v) is 9.35. The Balaban J connectivity index is 1.39. The average molecular weight is 504 g/mol. The van der Waals surface area contributed by atoms with Gasteiger partial charge in [0.2, 0.25) is 0 Å². The van der Waals surface area contributed by atoms with Crippen LogP contribution < -0.4 is 10.2 Å². The fourth-order valence-corrected chi connectivity index (χ4v) is 4.96. The van der Waals surface area contributed by atoms with Crippen LogP contribution in [0.5, 0.6) is 0 Å². The standard InChI is InChI=1S/C25H25ClF3N5O/c1-16-7-9-17(10-8-16)19-15-20(25(27,28)29)34-23(30-19)21(26)22(31-34)24(35)33-13-11-32(12-14-33)18-5-3-2-4-6-18/h2-10,19-20,30H,11-15H2,1H3/t19-,20+/m0/s1. The van der Waals surface area contributed by atoms with E-state index in [-0.39, 0.29) is 23.0 Å². The first-order valence-electron chi connectivity index (χ1n) is 11.5. The van der Waals surface area contributed by atoms with Gasteiger partial charge in [-0.3, -0.25) is 4.79 Å². The van der Waals surface area contributed by atoms with Crippen LogP contribution in [-0.2, 0) is 0 Å². The van der Waals surface area contributed by atoms with Crippen LogP contribution in [0.4, 0.5) is 24.7 Å². The minimum atomic E-state index is -4.54. The number of hydrogen-bond acceptors (Lipinski definition) is 4.